The third-order valence-electron chi connectivity index (χ3n) is 2.86. The standard InChI is InChI=1S/C13H20N4O/c1-17(6-3-7-18-2)9-13-15-11-5-4-10(14)8-12(11)16-13/h4-5,8H,3,6-7,9,14H2,1-2H3,(H,15,16). The van der Waals surface area contributed by atoms with Crippen molar-refractivity contribution in [3.05, 3.63) is 24.0 Å². The summed E-state index contributed by atoms with van der Waals surface area (Å²) in [6, 6.07) is 5.72. The smallest absolute Gasteiger partial charge is 0.121 e. The highest BCUT2D eigenvalue weighted by atomic mass is 16.5. The van der Waals surface area contributed by atoms with E-state index < -0.39 is 0 Å². The van der Waals surface area contributed by atoms with Gasteiger partial charge >= 0.3 is 0 Å². The molecule has 1 heterocycles. The van der Waals surface area contributed by atoms with E-state index in [0.717, 1.165) is 48.7 Å². The van der Waals surface area contributed by atoms with E-state index in [1.807, 2.05) is 18.2 Å². The van der Waals surface area contributed by atoms with Crippen LogP contribution in [0, 0.1) is 0 Å². The number of nitrogen functional groups attached to an aromatic ring is 1. The fourth-order valence-electron chi connectivity index (χ4n) is 1.97. The minimum Gasteiger partial charge on any atom is -0.399 e. The lowest BCUT2D eigenvalue weighted by atomic mass is 10.3. The summed E-state index contributed by atoms with van der Waals surface area (Å²) in [5.41, 5.74) is 8.46. The fourth-order valence-corrected chi connectivity index (χ4v) is 1.97. The van der Waals surface area contributed by atoms with Crippen molar-refractivity contribution in [1.82, 2.24) is 14.9 Å². The first kappa shape index (κ1) is 12.9. The quantitative estimate of drug-likeness (QED) is 0.602. The summed E-state index contributed by atoms with van der Waals surface area (Å²) in [5.74, 6) is 0.968. The van der Waals surface area contributed by atoms with Crippen LogP contribution in [0.15, 0.2) is 18.2 Å². The normalized spacial score (nSPS) is 11.5. The molecule has 98 valence electrons. The third kappa shape index (κ3) is 3.21. The van der Waals surface area contributed by atoms with Crippen LogP contribution in [0.3, 0.4) is 0 Å². The number of nitrogens with zero attached hydrogens (tertiary/aromatic N) is 2. The van der Waals surface area contributed by atoms with Crippen molar-refractivity contribution < 1.29 is 4.74 Å². The summed E-state index contributed by atoms with van der Waals surface area (Å²) >= 11 is 0. The fraction of sp³-hybridized carbons (Fsp3) is 0.462. The molecule has 0 bridgehead atoms. The molecule has 18 heavy (non-hydrogen) atoms. The SMILES string of the molecule is COCCCN(C)Cc1nc2ccc(N)cc2[nH]1. The highest BCUT2D eigenvalue weighted by Gasteiger charge is 2.06. The number of anilines is 1. The van der Waals surface area contributed by atoms with E-state index in [1.165, 1.54) is 0 Å². The van der Waals surface area contributed by atoms with Gasteiger partial charge in [-0.2, -0.15) is 0 Å². The average molecular weight is 248 g/mol. The molecule has 0 aliphatic carbocycles. The van der Waals surface area contributed by atoms with E-state index in [1.54, 1.807) is 7.11 Å². The van der Waals surface area contributed by atoms with Crippen LogP contribution in [-0.4, -0.2) is 42.2 Å². The van der Waals surface area contributed by atoms with Crippen molar-refractivity contribution in [3.8, 4) is 0 Å². The van der Waals surface area contributed by atoms with Gasteiger partial charge in [-0.25, -0.2) is 4.98 Å². The van der Waals surface area contributed by atoms with E-state index in [0.29, 0.717) is 0 Å². The molecule has 0 unspecified atom stereocenters. The zero-order chi connectivity index (χ0) is 13.0. The summed E-state index contributed by atoms with van der Waals surface area (Å²) in [6.07, 6.45) is 1.03. The lowest BCUT2D eigenvalue weighted by molar-refractivity contribution is 0.177. The molecule has 1 aromatic carbocycles. The first-order valence-corrected chi connectivity index (χ1v) is 6.10. The zero-order valence-electron chi connectivity index (χ0n) is 10.9. The number of nitrogens with one attached hydrogen (secondary N) is 1. The Kier molecular flexibility index (Phi) is 4.17. The van der Waals surface area contributed by atoms with Gasteiger partial charge in [0.25, 0.3) is 0 Å². The Balaban J connectivity index is 1.98. The first-order chi connectivity index (χ1) is 8.69. The van der Waals surface area contributed by atoms with Crippen LogP contribution in [-0.2, 0) is 11.3 Å². The Morgan fingerprint density at radius 2 is 2.28 bits per heavy atom. The molecule has 0 fully saturated rings. The van der Waals surface area contributed by atoms with Crippen LogP contribution < -0.4 is 5.73 Å². The largest absolute Gasteiger partial charge is 0.399 e. The van der Waals surface area contributed by atoms with Gasteiger partial charge in [0.15, 0.2) is 0 Å². The summed E-state index contributed by atoms with van der Waals surface area (Å²) in [4.78, 5) is 10.1. The van der Waals surface area contributed by atoms with Gasteiger partial charge in [0.2, 0.25) is 0 Å². The van der Waals surface area contributed by atoms with Crippen LogP contribution in [0.1, 0.15) is 12.2 Å². The van der Waals surface area contributed by atoms with Crippen LogP contribution in [0.2, 0.25) is 0 Å². The maximum Gasteiger partial charge on any atom is 0.121 e. The predicted molar refractivity (Wildman–Crippen MR) is 73.3 cm³/mol. The average Bonchev–Trinajstić information content (AvgIpc) is 2.70. The number of hydrogen-bond acceptors (Lipinski definition) is 4. The molecule has 0 aliphatic rings. The molecule has 2 aromatic rings. The Bertz CT molecular complexity index is 509. The number of ether oxygens (including phenoxy) is 1. The number of aromatic amines is 1. The Morgan fingerprint density at radius 1 is 1.44 bits per heavy atom. The topological polar surface area (TPSA) is 67.2 Å². The van der Waals surface area contributed by atoms with Gasteiger partial charge in [-0.3, -0.25) is 4.90 Å². The first-order valence-electron chi connectivity index (χ1n) is 6.10. The van der Waals surface area contributed by atoms with E-state index in [2.05, 4.69) is 21.9 Å². The van der Waals surface area contributed by atoms with Crippen molar-refractivity contribution in [1.29, 1.82) is 0 Å². The number of rotatable bonds is 6. The molecule has 0 aliphatic heterocycles. The third-order valence-corrected chi connectivity index (χ3v) is 2.86. The van der Waals surface area contributed by atoms with E-state index in [9.17, 15) is 0 Å². The maximum atomic E-state index is 5.74. The summed E-state index contributed by atoms with van der Waals surface area (Å²) in [7, 11) is 3.81. The van der Waals surface area contributed by atoms with Crippen LogP contribution in [0.4, 0.5) is 5.69 Å². The second kappa shape index (κ2) is 5.84. The molecular formula is C13H20N4O. The molecule has 1 aromatic heterocycles. The molecular weight excluding hydrogens is 228 g/mol. The zero-order valence-corrected chi connectivity index (χ0v) is 10.9. The Hall–Kier alpha value is -1.59. The Morgan fingerprint density at radius 3 is 3.06 bits per heavy atom. The van der Waals surface area contributed by atoms with Gasteiger partial charge in [0.05, 0.1) is 17.6 Å². The summed E-state index contributed by atoms with van der Waals surface area (Å²) in [6.45, 7) is 2.59. The number of H-pyrrole nitrogens is 1. The Labute approximate surface area is 107 Å². The van der Waals surface area contributed by atoms with Gasteiger partial charge in [-0.15, -0.1) is 0 Å². The predicted octanol–water partition coefficient (Wildman–Crippen LogP) is 1.61. The molecule has 0 atom stereocenters. The lowest BCUT2D eigenvalue weighted by Gasteiger charge is -2.14. The summed E-state index contributed by atoms with van der Waals surface area (Å²) < 4.78 is 5.04. The number of imidazole rings is 1. The molecule has 0 amide bonds. The van der Waals surface area contributed by atoms with Gasteiger partial charge in [0, 0.05) is 25.9 Å². The number of hydrogen-bond donors (Lipinski definition) is 2. The number of aromatic nitrogens is 2. The monoisotopic (exact) mass is 248 g/mol. The van der Waals surface area contributed by atoms with Gasteiger partial charge in [-0.1, -0.05) is 0 Å². The van der Waals surface area contributed by atoms with Crippen molar-refractivity contribution in [2.45, 2.75) is 13.0 Å². The second-order valence-corrected chi connectivity index (χ2v) is 4.54. The molecule has 5 nitrogen and oxygen atoms in total. The lowest BCUT2D eigenvalue weighted by Crippen LogP contribution is -2.20. The molecule has 3 N–H and O–H groups in total. The number of nitrogens with two attached hydrogens (primary N) is 1. The minimum absolute atomic E-state index is 0.756. The number of benzene rings is 1. The van der Waals surface area contributed by atoms with E-state index in [4.69, 9.17) is 10.5 Å². The van der Waals surface area contributed by atoms with Crippen molar-refractivity contribution in [2.75, 3.05) is 33.0 Å². The van der Waals surface area contributed by atoms with Gasteiger partial charge in [-0.05, 0) is 31.7 Å². The van der Waals surface area contributed by atoms with Crippen LogP contribution in [0.25, 0.3) is 11.0 Å². The number of fused-ring (bicyclic) bond motifs is 1. The maximum absolute atomic E-state index is 5.74. The van der Waals surface area contributed by atoms with Crippen LogP contribution >= 0.6 is 0 Å². The van der Waals surface area contributed by atoms with Crippen molar-refractivity contribution in [3.63, 3.8) is 0 Å². The summed E-state index contributed by atoms with van der Waals surface area (Å²) in [5, 5.41) is 0. The molecule has 0 spiro atoms. The molecule has 0 saturated carbocycles. The highest BCUT2D eigenvalue weighted by molar-refractivity contribution is 5.78. The minimum atomic E-state index is 0.756. The van der Waals surface area contributed by atoms with Crippen molar-refractivity contribution >= 4 is 16.7 Å². The molecule has 2 rings (SSSR count). The van der Waals surface area contributed by atoms with Gasteiger partial charge in [0.1, 0.15) is 5.82 Å². The van der Waals surface area contributed by atoms with Crippen LogP contribution in [0.5, 0.6) is 0 Å². The highest BCUT2D eigenvalue weighted by Crippen LogP contribution is 2.15. The van der Waals surface area contributed by atoms with E-state index >= 15 is 0 Å². The molecule has 0 saturated heterocycles. The number of methoxy groups -OCH3 is 1. The molecule has 5 heteroatoms. The van der Waals surface area contributed by atoms with Crippen molar-refractivity contribution in [2.24, 2.45) is 0 Å². The van der Waals surface area contributed by atoms with Gasteiger partial charge < -0.3 is 15.5 Å². The van der Waals surface area contributed by atoms with E-state index in [-0.39, 0.29) is 0 Å². The second-order valence-electron chi connectivity index (χ2n) is 4.54. The molecule has 0 radical (unpaired) electrons.